The molecule has 1 atom stereocenters. The molecule has 0 aliphatic heterocycles. The quantitative estimate of drug-likeness (QED) is 0.329. The minimum Gasteiger partial charge on any atom is -0.409 e. The maximum absolute atomic E-state index is 12.4. The zero-order chi connectivity index (χ0) is 15.9. The van der Waals surface area contributed by atoms with Crippen molar-refractivity contribution in [3.05, 3.63) is 35.9 Å². The fourth-order valence-electron chi connectivity index (χ4n) is 2.08. The molecule has 0 radical (unpaired) electrons. The van der Waals surface area contributed by atoms with Crippen molar-refractivity contribution < 1.29 is 13.6 Å². The highest BCUT2D eigenvalue weighted by atomic mass is 32.2. The van der Waals surface area contributed by atoms with Crippen LogP contribution >= 0.6 is 0 Å². The molecule has 0 aliphatic rings. The van der Waals surface area contributed by atoms with Crippen molar-refractivity contribution in [3.63, 3.8) is 0 Å². The van der Waals surface area contributed by atoms with Gasteiger partial charge in [-0.3, -0.25) is 0 Å². The van der Waals surface area contributed by atoms with Crippen LogP contribution in [0.15, 0.2) is 35.5 Å². The molecule has 7 heteroatoms. The van der Waals surface area contributed by atoms with Gasteiger partial charge in [0, 0.05) is 19.5 Å². The average molecular weight is 313 g/mol. The van der Waals surface area contributed by atoms with Crippen LogP contribution in [0.25, 0.3) is 0 Å². The van der Waals surface area contributed by atoms with Crippen LogP contribution in [0.5, 0.6) is 0 Å². The van der Waals surface area contributed by atoms with Crippen LogP contribution in [0.3, 0.4) is 0 Å². The van der Waals surface area contributed by atoms with E-state index in [1.54, 1.807) is 6.92 Å². The second kappa shape index (κ2) is 7.99. The first kappa shape index (κ1) is 17.5. The molecule has 0 saturated heterocycles. The van der Waals surface area contributed by atoms with Crippen molar-refractivity contribution in [1.29, 1.82) is 0 Å². The summed E-state index contributed by atoms with van der Waals surface area (Å²) in [5.41, 5.74) is 6.38. The smallest absolute Gasteiger partial charge is 0.214 e. The van der Waals surface area contributed by atoms with Crippen molar-refractivity contribution >= 4 is 15.9 Å². The predicted molar refractivity (Wildman–Crippen MR) is 83.9 cm³/mol. The van der Waals surface area contributed by atoms with Crippen molar-refractivity contribution in [2.24, 2.45) is 10.9 Å². The fraction of sp³-hybridized carbons (Fsp3) is 0.500. The Morgan fingerprint density at radius 2 is 2.00 bits per heavy atom. The van der Waals surface area contributed by atoms with Gasteiger partial charge in [0.1, 0.15) is 5.84 Å². The molecular weight excluding hydrogens is 290 g/mol. The maximum Gasteiger partial charge on any atom is 0.214 e. The first-order valence-electron chi connectivity index (χ1n) is 6.89. The van der Waals surface area contributed by atoms with E-state index in [2.05, 4.69) is 5.16 Å². The average Bonchev–Trinajstić information content (AvgIpc) is 2.47. The third-order valence-corrected chi connectivity index (χ3v) is 5.47. The number of benzene rings is 1. The van der Waals surface area contributed by atoms with Gasteiger partial charge in [-0.15, -0.1) is 0 Å². The molecule has 0 heterocycles. The maximum atomic E-state index is 12.4. The lowest BCUT2D eigenvalue weighted by atomic mass is 10.0. The molecular formula is C14H23N3O3S. The number of sulfonamides is 1. The highest BCUT2D eigenvalue weighted by Crippen LogP contribution is 2.18. The van der Waals surface area contributed by atoms with Crippen LogP contribution in [0.1, 0.15) is 31.7 Å². The molecule has 21 heavy (non-hydrogen) atoms. The summed E-state index contributed by atoms with van der Waals surface area (Å²) in [5.74, 6) is -0.0186. The summed E-state index contributed by atoms with van der Waals surface area (Å²) in [7, 11) is -3.38. The van der Waals surface area contributed by atoms with Gasteiger partial charge < -0.3 is 10.9 Å². The zero-order valence-corrected chi connectivity index (χ0v) is 13.3. The Morgan fingerprint density at radius 3 is 2.52 bits per heavy atom. The van der Waals surface area contributed by atoms with Gasteiger partial charge in [-0.1, -0.05) is 49.3 Å². The second-order valence-corrected chi connectivity index (χ2v) is 6.94. The Morgan fingerprint density at radius 1 is 1.38 bits per heavy atom. The molecule has 0 spiro atoms. The number of nitrogens with zero attached hydrogens (tertiary/aromatic N) is 2. The molecule has 1 unspecified atom stereocenters. The third-order valence-electron chi connectivity index (χ3n) is 3.32. The Balaban J connectivity index is 2.74. The molecule has 0 saturated carbocycles. The molecule has 0 aromatic heterocycles. The number of rotatable bonds is 8. The summed E-state index contributed by atoms with van der Waals surface area (Å²) in [4.78, 5) is 0. The summed E-state index contributed by atoms with van der Waals surface area (Å²) >= 11 is 0. The number of hydrogen-bond acceptors (Lipinski definition) is 4. The van der Waals surface area contributed by atoms with Crippen LogP contribution in [-0.4, -0.2) is 42.6 Å². The number of nitrogens with two attached hydrogens (primary N) is 1. The van der Waals surface area contributed by atoms with Gasteiger partial charge in [0.2, 0.25) is 10.0 Å². The van der Waals surface area contributed by atoms with Gasteiger partial charge in [0.25, 0.3) is 0 Å². The predicted octanol–water partition coefficient (Wildman–Crippen LogP) is 1.58. The fourth-order valence-corrected chi connectivity index (χ4v) is 3.88. The lowest BCUT2D eigenvalue weighted by molar-refractivity contribution is 0.315. The van der Waals surface area contributed by atoms with Gasteiger partial charge >= 0.3 is 0 Å². The Bertz CT molecular complexity index is 558. The lowest BCUT2D eigenvalue weighted by Crippen LogP contribution is -2.36. The Kier molecular flexibility index (Phi) is 6.64. The van der Waals surface area contributed by atoms with E-state index >= 15 is 0 Å². The first-order valence-corrected chi connectivity index (χ1v) is 8.50. The summed E-state index contributed by atoms with van der Waals surface area (Å²) in [5, 5.41) is 11.4. The minimum atomic E-state index is -3.38. The molecule has 0 bridgehead atoms. The zero-order valence-electron chi connectivity index (χ0n) is 12.4. The van der Waals surface area contributed by atoms with Crippen molar-refractivity contribution in [1.82, 2.24) is 4.31 Å². The van der Waals surface area contributed by atoms with Crippen LogP contribution in [0.4, 0.5) is 0 Å². The lowest BCUT2D eigenvalue weighted by Gasteiger charge is -2.22. The van der Waals surface area contributed by atoms with E-state index in [0.717, 1.165) is 5.56 Å². The van der Waals surface area contributed by atoms with Crippen LogP contribution in [0.2, 0.25) is 0 Å². The highest BCUT2D eigenvalue weighted by Gasteiger charge is 2.23. The van der Waals surface area contributed by atoms with Crippen molar-refractivity contribution in [2.75, 3.05) is 18.8 Å². The Labute approximate surface area is 126 Å². The molecule has 6 nitrogen and oxygen atoms in total. The van der Waals surface area contributed by atoms with E-state index in [4.69, 9.17) is 10.9 Å². The standard InChI is InChI=1S/C14H23N3O3S/c1-3-17(10-9-14(15)16-18)21(19,20)11-12(2)13-7-5-4-6-8-13/h4-8,12,18H,3,9-11H2,1-2H3,(H2,15,16). The number of amidine groups is 1. The Hall–Kier alpha value is -1.60. The molecule has 118 valence electrons. The van der Waals surface area contributed by atoms with Gasteiger partial charge in [-0.2, -0.15) is 0 Å². The van der Waals surface area contributed by atoms with Crippen LogP contribution < -0.4 is 5.73 Å². The molecule has 3 N–H and O–H groups in total. The van der Waals surface area contributed by atoms with E-state index in [1.165, 1.54) is 4.31 Å². The summed E-state index contributed by atoms with van der Waals surface area (Å²) in [6, 6.07) is 9.54. The van der Waals surface area contributed by atoms with Crippen LogP contribution in [0, 0.1) is 0 Å². The highest BCUT2D eigenvalue weighted by molar-refractivity contribution is 7.89. The molecule has 1 aromatic rings. The van der Waals surface area contributed by atoms with Gasteiger partial charge in [-0.05, 0) is 11.5 Å². The van der Waals surface area contributed by atoms with Crippen LogP contribution in [-0.2, 0) is 10.0 Å². The number of hydrogen-bond donors (Lipinski definition) is 2. The van der Waals surface area contributed by atoms with Gasteiger partial charge in [0.05, 0.1) is 5.75 Å². The third kappa shape index (κ3) is 5.35. The van der Waals surface area contributed by atoms with E-state index < -0.39 is 10.0 Å². The minimum absolute atomic E-state index is 0.0276. The topological polar surface area (TPSA) is 96.0 Å². The summed E-state index contributed by atoms with van der Waals surface area (Å²) in [6.45, 7) is 4.25. The van der Waals surface area contributed by atoms with E-state index in [1.807, 2.05) is 37.3 Å². The van der Waals surface area contributed by atoms with E-state index in [0.29, 0.717) is 6.54 Å². The first-order chi connectivity index (χ1) is 9.90. The normalized spacial score (nSPS) is 14.3. The molecule has 0 aliphatic carbocycles. The monoisotopic (exact) mass is 313 g/mol. The summed E-state index contributed by atoms with van der Waals surface area (Å²) < 4.78 is 26.2. The molecule has 0 amide bonds. The van der Waals surface area contributed by atoms with Gasteiger partial charge in [-0.25, -0.2) is 12.7 Å². The largest absolute Gasteiger partial charge is 0.409 e. The SMILES string of the molecule is CCN(CC/C(N)=N/O)S(=O)(=O)CC(C)c1ccccc1. The van der Waals surface area contributed by atoms with Gasteiger partial charge in [0.15, 0.2) is 0 Å². The molecule has 1 aromatic carbocycles. The van der Waals surface area contributed by atoms with E-state index in [-0.39, 0.29) is 30.5 Å². The van der Waals surface area contributed by atoms with Crippen molar-refractivity contribution in [2.45, 2.75) is 26.2 Å². The summed E-state index contributed by atoms with van der Waals surface area (Å²) in [6.07, 6.45) is 0.212. The van der Waals surface area contributed by atoms with Crippen molar-refractivity contribution in [3.8, 4) is 0 Å². The second-order valence-electron chi connectivity index (χ2n) is 4.92. The van der Waals surface area contributed by atoms with E-state index in [9.17, 15) is 8.42 Å². The molecule has 0 fully saturated rings. The number of oxime groups is 1. The molecule has 1 rings (SSSR count).